The van der Waals surface area contributed by atoms with E-state index in [1.165, 1.54) is 56.1 Å². The predicted molar refractivity (Wildman–Crippen MR) is 110 cm³/mol. The molecular weight excluding hydrogens is 366 g/mol. The molecule has 5 heteroatoms. The van der Waals surface area contributed by atoms with Crippen LogP contribution < -0.4 is 10.1 Å². The average molecular weight is 400 g/mol. The first-order valence-electron chi connectivity index (χ1n) is 11.5. The van der Waals surface area contributed by atoms with Gasteiger partial charge < -0.3 is 19.5 Å². The summed E-state index contributed by atoms with van der Waals surface area (Å²) in [6, 6.07) is 7.08. The van der Waals surface area contributed by atoms with E-state index in [1.54, 1.807) is 0 Å². The Kier molecular flexibility index (Phi) is 5.42. The van der Waals surface area contributed by atoms with Crippen LogP contribution in [0, 0.1) is 11.8 Å². The Labute approximate surface area is 173 Å². The third kappa shape index (κ3) is 3.74. The first-order valence-corrected chi connectivity index (χ1v) is 11.5. The van der Waals surface area contributed by atoms with Crippen LogP contribution >= 0.6 is 0 Å². The van der Waals surface area contributed by atoms with Gasteiger partial charge in [-0.15, -0.1) is 0 Å². The van der Waals surface area contributed by atoms with Gasteiger partial charge in [0.15, 0.2) is 0 Å². The third-order valence-electron chi connectivity index (χ3n) is 7.93. The van der Waals surface area contributed by atoms with Crippen molar-refractivity contribution < 1.29 is 19.0 Å². The SMILES string of the molecule is O=C(OCOc1ccc2c(c1)[C@@]13CCCC[C@H]1[C@@H](C2)NCC3)OCC1CCCC1. The maximum Gasteiger partial charge on any atom is 0.511 e. The Hall–Kier alpha value is -1.75. The van der Waals surface area contributed by atoms with Crippen molar-refractivity contribution in [3.8, 4) is 5.75 Å². The lowest BCUT2D eigenvalue weighted by Crippen LogP contribution is -2.59. The number of carbonyl (C=O) groups is 1. The molecule has 3 fully saturated rings. The molecular formula is C24H33NO4. The number of fused-ring (bicyclic) bond motifs is 1. The van der Waals surface area contributed by atoms with Gasteiger partial charge in [-0.1, -0.05) is 31.7 Å². The molecule has 0 amide bonds. The molecule has 1 saturated heterocycles. The normalized spacial score (nSPS) is 30.9. The molecule has 158 valence electrons. The van der Waals surface area contributed by atoms with Crippen LogP contribution in [0.15, 0.2) is 18.2 Å². The zero-order valence-electron chi connectivity index (χ0n) is 17.3. The van der Waals surface area contributed by atoms with Gasteiger partial charge in [0.2, 0.25) is 6.79 Å². The minimum absolute atomic E-state index is 0.0943. The van der Waals surface area contributed by atoms with E-state index >= 15 is 0 Å². The average Bonchev–Trinajstić information content (AvgIpc) is 3.26. The number of rotatable bonds is 5. The molecule has 29 heavy (non-hydrogen) atoms. The van der Waals surface area contributed by atoms with Gasteiger partial charge in [-0.2, -0.15) is 0 Å². The van der Waals surface area contributed by atoms with Gasteiger partial charge in [0.1, 0.15) is 5.75 Å². The lowest BCUT2D eigenvalue weighted by atomic mass is 9.53. The first-order chi connectivity index (χ1) is 14.2. The topological polar surface area (TPSA) is 56.8 Å². The summed E-state index contributed by atoms with van der Waals surface area (Å²) in [5, 5.41) is 3.78. The summed E-state index contributed by atoms with van der Waals surface area (Å²) in [7, 11) is 0. The number of hydrogen-bond donors (Lipinski definition) is 1. The number of hydrogen-bond acceptors (Lipinski definition) is 5. The second-order valence-corrected chi connectivity index (χ2v) is 9.46. The van der Waals surface area contributed by atoms with Crippen LogP contribution in [0.5, 0.6) is 5.75 Å². The molecule has 2 saturated carbocycles. The van der Waals surface area contributed by atoms with Crippen molar-refractivity contribution in [2.24, 2.45) is 11.8 Å². The number of benzene rings is 1. The molecule has 0 spiro atoms. The largest absolute Gasteiger partial charge is 0.511 e. The zero-order chi connectivity index (χ0) is 19.7. The minimum atomic E-state index is -0.623. The molecule has 1 aromatic rings. The van der Waals surface area contributed by atoms with Crippen LogP contribution in [0.4, 0.5) is 4.79 Å². The summed E-state index contributed by atoms with van der Waals surface area (Å²) >= 11 is 0. The highest BCUT2D eigenvalue weighted by Crippen LogP contribution is 2.54. The van der Waals surface area contributed by atoms with Crippen LogP contribution in [0.25, 0.3) is 0 Å². The standard InChI is InChI=1S/C24H33NO4/c26-23(27-15-17-5-1-2-6-17)29-16-28-19-9-8-18-13-22-20-7-3-4-10-24(20,11-12-25-22)21(18)14-19/h8-9,14,17,20,22,25H,1-7,10-13,15-16H2/t20-,22+,24+/m0/s1. The molecule has 3 aliphatic carbocycles. The summed E-state index contributed by atoms with van der Waals surface area (Å²) in [6.45, 7) is 1.49. The number of piperidine rings is 1. The van der Waals surface area contributed by atoms with Gasteiger partial charge in [-0.3, -0.25) is 0 Å². The molecule has 0 radical (unpaired) electrons. The van der Waals surface area contributed by atoms with Gasteiger partial charge in [-0.05, 0) is 80.2 Å². The minimum Gasteiger partial charge on any atom is -0.457 e. The molecule has 0 aromatic heterocycles. The fraction of sp³-hybridized carbons (Fsp3) is 0.708. The van der Waals surface area contributed by atoms with Crippen LogP contribution in [-0.4, -0.2) is 32.1 Å². The molecule has 0 unspecified atom stereocenters. The van der Waals surface area contributed by atoms with E-state index in [1.807, 2.05) is 6.07 Å². The van der Waals surface area contributed by atoms with Gasteiger partial charge in [0, 0.05) is 11.5 Å². The van der Waals surface area contributed by atoms with Crippen molar-refractivity contribution in [3.63, 3.8) is 0 Å². The molecule has 5 nitrogen and oxygen atoms in total. The highest BCUT2D eigenvalue weighted by molar-refractivity contribution is 5.59. The van der Waals surface area contributed by atoms with Crippen LogP contribution in [0.2, 0.25) is 0 Å². The Morgan fingerprint density at radius 3 is 2.83 bits per heavy atom. The fourth-order valence-electron chi connectivity index (χ4n) is 6.54. The highest BCUT2D eigenvalue weighted by Gasteiger charge is 2.51. The van der Waals surface area contributed by atoms with Crippen molar-refractivity contribution >= 4 is 6.16 Å². The Balaban J connectivity index is 1.21. The summed E-state index contributed by atoms with van der Waals surface area (Å²) in [5.41, 5.74) is 3.26. The Morgan fingerprint density at radius 2 is 1.93 bits per heavy atom. The smallest absolute Gasteiger partial charge is 0.457 e. The molecule has 1 aliphatic heterocycles. The maximum absolute atomic E-state index is 11.8. The van der Waals surface area contributed by atoms with E-state index in [9.17, 15) is 4.79 Å². The van der Waals surface area contributed by atoms with Gasteiger partial charge in [-0.25, -0.2) is 4.79 Å². The van der Waals surface area contributed by atoms with E-state index in [4.69, 9.17) is 14.2 Å². The quantitative estimate of drug-likeness (QED) is 0.574. The van der Waals surface area contributed by atoms with Gasteiger partial charge >= 0.3 is 6.16 Å². The van der Waals surface area contributed by atoms with Crippen molar-refractivity contribution in [2.45, 2.75) is 75.7 Å². The van der Waals surface area contributed by atoms with E-state index in [-0.39, 0.29) is 6.79 Å². The van der Waals surface area contributed by atoms with Gasteiger partial charge in [0.05, 0.1) is 6.61 Å². The molecule has 3 atom stereocenters. The lowest BCUT2D eigenvalue weighted by molar-refractivity contribution is -0.00134. The van der Waals surface area contributed by atoms with E-state index in [0.717, 1.165) is 37.5 Å². The fourth-order valence-corrected chi connectivity index (χ4v) is 6.54. The molecule has 4 aliphatic rings. The zero-order valence-corrected chi connectivity index (χ0v) is 17.3. The molecule has 5 rings (SSSR count). The van der Waals surface area contributed by atoms with Crippen molar-refractivity contribution in [1.82, 2.24) is 5.32 Å². The Bertz CT molecular complexity index is 740. The van der Waals surface area contributed by atoms with Gasteiger partial charge in [0.25, 0.3) is 0 Å². The maximum atomic E-state index is 11.8. The number of carbonyl (C=O) groups excluding carboxylic acids is 1. The summed E-state index contributed by atoms with van der Waals surface area (Å²) in [4.78, 5) is 11.8. The van der Waals surface area contributed by atoms with Crippen molar-refractivity contribution in [2.75, 3.05) is 19.9 Å². The van der Waals surface area contributed by atoms with Crippen LogP contribution in [0.3, 0.4) is 0 Å². The van der Waals surface area contributed by atoms with Crippen molar-refractivity contribution in [3.05, 3.63) is 29.3 Å². The van der Waals surface area contributed by atoms with Crippen LogP contribution in [0.1, 0.15) is 68.9 Å². The third-order valence-corrected chi connectivity index (χ3v) is 7.93. The van der Waals surface area contributed by atoms with Crippen molar-refractivity contribution in [1.29, 1.82) is 0 Å². The molecule has 1 aromatic carbocycles. The summed E-state index contributed by atoms with van der Waals surface area (Å²) < 4.78 is 16.2. The molecule has 1 N–H and O–H groups in total. The van der Waals surface area contributed by atoms with Crippen LogP contribution in [-0.2, 0) is 21.3 Å². The van der Waals surface area contributed by atoms with E-state index in [2.05, 4.69) is 17.4 Å². The summed E-state index contributed by atoms with van der Waals surface area (Å²) in [5.74, 6) is 2.04. The molecule has 2 bridgehead atoms. The summed E-state index contributed by atoms with van der Waals surface area (Å²) in [6.07, 6.45) is 11.8. The first kappa shape index (κ1) is 19.2. The molecule has 1 heterocycles. The monoisotopic (exact) mass is 399 g/mol. The predicted octanol–water partition coefficient (Wildman–Crippen LogP) is 4.71. The second kappa shape index (κ2) is 8.17. The van der Waals surface area contributed by atoms with E-state index in [0.29, 0.717) is 24.0 Å². The second-order valence-electron chi connectivity index (χ2n) is 9.46. The Morgan fingerprint density at radius 1 is 1.07 bits per heavy atom. The lowest BCUT2D eigenvalue weighted by Gasteiger charge is -2.56. The van der Waals surface area contributed by atoms with E-state index < -0.39 is 6.16 Å². The highest BCUT2D eigenvalue weighted by atomic mass is 16.8. The number of ether oxygens (including phenoxy) is 3. The number of nitrogens with one attached hydrogen (secondary N) is 1.